The number of benzene rings is 1. The number of nitrogens with one attached hydrogen (secondary N) is 1. The van der Waals surface area contributed by atoms with Crippen molar-refractivity contribution in [2.24, 2.45) is 0 Å². The minimum Gasteiger partial charge on any atom is -0.374 e. The van der Waals surface area contributed by atoms with Gasteiger partial charge in [-0.15, -0.1) is 0 Å². The zero-order chi connectivity index (χ0) is 15.6. The molecule has 1 heterocycles. The quantitative estimate of drug-likeness (QED) is 0.907. The van der Waals surface area contributed by atoms with Gasteiger partial charge in [-0.1, -0.05) is 0 Å². The third-order valence-electron chi connectivity index (χ3n) is 2.58. The highest BCUT2D eigenvalue weighted by molar-refractivity contribution is 7.93. The van der Waals surface area contributed by atoms with E-state index in [1.807, 2.05) is 0 Å². The van der Waals surface area contributed by atoms with Crippen LogP contribution >= 0.6 is 11.5 Å². The Kier molecular flexibility index (Phi) is 4.49. The molecular formula is C11H11F2N3O3S2. The summed E-state index contributed by atoms with van der Waals surface area (Å²) < 4.78 is 61.1. The lowest BCUT2D eigenvalue weighted by Crippen LogP contribution is -2.13. The standard InChI is InChI=1S/C11H11F2N3O3S2/c1-6(19-2)10-14-11(20-15-10)16-21(17,18)7-3-4-8(12)9(13)5-7/h3-6H,1-2H3,(H,14,15,16). The Morgan fingerprint density at radius 3 is 2.67 bits per heavy atom. The monoisotopic (exact) mass is 335 g/mol. The molecule has 10 heteroatoms. The van der Waals surface area contributed by atoms with Crippen molar-refractivity contribution < 1.29 is 21.9 Å². The zero-order valence-electron chi connectivity index (χ0n) is 11.0. The number of ether oxygens (including phenoxy) is 1. The summed E-state index contributed by atoms with van der Waals surface area (Å²) in [4.78, 5) is 3.55. The van der Waals surface area contributed by atoms with Gasteiger partial charge in [0.05, 0.1) is 4.90 Å². The second-order valence-corrected chi connectivity index (χ2v) is 6.45. The highest BCUT2D eigenvalue weighted by Gasteiger charge is 2.19. The highest BCUT2D eigenvalue weighted by atomic mass is 32.2. The number of sulfonamides is 1. The SMILES string of the molecule is COC(C)c1nsc(NS(=O)(=O)c2ccc(F)c(F)c2)n1. The second kappa shape index (κ2) is 6.00. The maximum Gasteiger partial charge on any atom is 0.263 e. The molecule has 1 atom stereocenters. The molecule has 1 unspecified atom stereocenters. The van der Waals surface area contributed by atoms with Crippen LogP contribution in [0.2, 0.25) is 0 Å². The van der Waals surface area contributed by atoms with Gasteiger partial charge in [-0.3, -0.25) is 4.72 Å². The molecule has 2 rings (SSSR count). The van der Waals surface area contributed by atoms with E-state index in [1.54, 1.807) is 6.92 Å². The zero-order valence-corrected chi connectivity index (χ0v) is 12.6. The molecule has 0 aliphatic rings. The molecule has 1 N–H and O–H groups in total. The van der Waals surface area contributed by atoms with Gasteiger partial charge in [-0.2, -0.15) is 9.36 Å². The van der Waals surface area contributed by atoms with E-state index in [2.05, 4.69) is 14.1 Å². The van der Waals surface area contributed by atoms with Gasteiger partial charge in [0.15, 0.2) is 17.5 Å². The molecule has 0 amide bonds. The summed E-state index contributed by atoms with van der Waals surface area (Å²) in [6.45, 7) is 1.70. The van der Waals surface area contributed by atoms with Gasteiger partial charge >= 0.3 is 0 Å². The number of rotatable bonds is 5. The lowest BCUT2D eigenvalue weighted by atomic mass is 10.3. The minimum atomic E-state index is -4.06. The maximum atomic E-state index is 13.1. The Labute approximate surface area is 124 Å². The fraction of sp³-hybridized carbons (Fsp3) is 0.273. The third kappa shape index (κ3) is 3.52. The largest absolute Gasteiger partial charge is 0.374 e. The molecule has 0 bridgehead atoms. The van der Waals surface area contributed by atoms with E-state index in [1.165, 1.54) is 7.11 Å². The van der Waals surface area contributed by atoms with Gasteiger partial charge in [-0.25, -0.2) is 17.2 Å². The molecule has 114 valence electrons. The number of methoxy groups -OCH3 is 1. The van der Waals surface area contributed by atoms with Crippen LogP contribution in [-0.4, -0.2) is 24.9 Å². The lowest BCUT2D eigenvalue weighted by Gasteiger charge is -2.05. The van der Waals surface area contributed by atoms with Crippen LogP contribution in [0.25, 0.3) is 0 Å². The van der Waals surface area contributed by atoms with E-state index in [9.17, 15) is 17.2 Å². The highest BCUT2D eigenvalue weighted by Crippen LogP contribution is 2.22. The van der Waals surface area contributed by atoms with Crippen molar-refractivity contribution >= 4 is 26.7 Å². The van der Waals surface area contributed by atoms with Crippen molar-refractivity contribution in [2.75, 3.05) is 11.8 Å². The molecule has 1 aromatic heterocycles. The van der Waals surface area contributed by atoms with Crippen LogP contribution < -0.4 is 4.72 Å². The number of hydrogen-bond acceptors (Lipinski definition) is 6. The normalized spacial score (nSPS) is 13.1. The van der Waals surface area contributed by atoms with Gasteiger partial charge in [0.2, 0.25) is 5.13 Å². The van der Waals surface area contributed by atoms with Crippen molar-refractivity contribution in [3.63, 3.8) is 0 Å². The predicted molar refractivity (Wildman–Crippen MR) is 72.5 cm³/mol. The average Bonchev–Trinajstić information content (AvgIpc) is 2.88. The molecule has 6 nitrogen and oxygen atoms in total. The molecular weight excluding hydrogens is 324 g/mol. The number of aromatic nitrogens is 2. The van der Waals surface area contributed by atoms with E-state index in [0.717, 1.165) is 23.7 Å². The summed E-state index contributed by atoms with van der Waals surface area (Å²) in [5, 5.41) is 0.0126. The van der Waals surface area contributed by atoms with Crippen molar-refractivity contribution in [3.05, 3.63) is 35.7 Å². The second-order valence-electron chi connectivity index (χ2n) is 4.02. The topological polar surface area (TPSA) is 81.2 Å². The Morgan fingerprint density at radius 2 is 2.05 bits per heavy atom. The number of halogens is 2. The Bertz CT molecular complexity index is 749. The summed E-state index contributed by atoms with van der Waals surface area (Å²) in [5.41, 5.74) is 0. The average molecular weight is 335 g/mol. The fourth-order valence-electron chi connectivity index (χ4n) is 1.36. The van der Waals surface area contributed by atoms with Crippen LogP contribution in [-0.2, 0) is 14.8 Å². The first-order chi connectivity index (χ1) is 9.83. The number of hydrogen-bond donors (Lipinski definition) is 1. The van der Waals surface area contributed by atoms with Crippen LogP contribution in [0.1, 0.15) is 18.9 Å². The van der Waals surface area contributed by atoms with Gasteiger partial charge in [0.1, 0.15) is 6.10 Å². The predicted octanol–water partition coefficient (Wildman–Crippen LogP) is 2.32. The van der Waals surface area contributed by atoms with Gasteiger partial charge in [-0.05, 0) is 25.1 Å². The Hall–Kier alpha value is -1.65. The van der Waals surface area contributed by atoms with Gasteiger partial charge in [0, 0.05) is 18.6 Å². The maximum absolute atomic E-state index is 13.1. The van der Waals surface area contributed by atoms with Crippen molar-refractivity contribution in [3.8, 4) is 0 Å². The summed E-state index contributed by atoms with van der Waals surface area (Å²) in [7, 11) is -2.59. The summed E-state index contributed by atoms with van der Waals surface area (Å²) in [6, 6.07) is 2.29. The number of nitrogens with zero attached hydrogens (tertiary/aromatic N) is 2. The summed E-state index contributed by atoms with van der Waals surface area (Å²) >= 11 is 0.823. The molecule has 1 aromatic carbocycles. The van der Waals surface area contributed by atoms with Crippen molar-refractivity contribution in [1.29, 1.82) is 0 Å². The Morgan fingerprint density at radius 1 is 1.33 bits per heavy atom. The fourth-order valence-corrected chi connectivity index (χ4v) is 3.25. The molecule has 0 saturated heterocycles. The van der Waals surface area contributed by atoms with Crippen molar-refractivity contribution in [1.82, 2.24) is 9.36 Å². The third-order valence-corrected chi connectivity index (χ3v) is 4.69. The van der Waals surface area contributed by atoms with Crippen LogP contribution in [0.3, 0.4) is 0 Å². The molecule has 2 aromatic rings. The molecule has 21 heavy (non-hydrogen) atoms. The summed E-state index contributed by atoms with van der Waals surface area (Å²) in [6.07, 6.45) is -0.386. The lowest BCUT2D eigenvalue weighted by molar-refractivity contribution is 0.113. The first kappa shape index (κ1) is 15.7. The smallest absolute Gasteiger partial charge is 0.263 e. The van der Waals surface area contributed by atoms with E-state index < -0.39 is 26.6 Å². The van der Waals surface area contributed by atoms with Crippen LogP contribution in [0.5, 0.6) is 0 Å². The molecule has 0 saturated carbocycles. The summed E-state index contributed by atoms with van der Waals surface area (Å²) in [5.74, 6) is -2.05. The van der Waals surface area contributed by atoms with Gasteiger partial charge in [0.25, 0.3) is 10.0 Å². The van der Waals surface area contributed by atoms with E-state index in [0.29, 0.717) is 11.9 Å². The Balaban J connectivity index is 2.24. The van der Waals surface area contributed by atoms with Crippen LogP contribution in [0.15, 0.2) is 23.1 Å². The van der Waals surface area contributed by atoms with E-state index in [-0.39, 0.29) is 11.2 Å². The van der Waals surface area contributed by atoms with Crippen molar-refractivity contribution in [2.45, 2.75) is 17.9 Å². The van der Waals surface area contributed by atoms with Gasteiger partial charge < -0.3 is 4.74 Å². The van der Waals surface area contributed by atoms with Crippen LogP contribution in [0.4, 0.5) is 13.9 Å². The molecule has 0 aliphatic carbocycles. The molecule has 0 aliphatic heterocycles. The van der Waals surface area contributed by atoms with E-state index >= 15 is 0 Å². The van der Waals surface area contributed by atoms with Crippen LogP contribution in [0, 0.1) is 11.6 Å². The molecule has 0 fully saturated rings. The first-order valence-corrected chi connectivity index (χ1v) is 7.93. The molecule has 0 radical (unpaired) electrons. The minimum absolute atomic E-state index is 0.0126. The number of anilines is 1. The van der Waals surface area contributed by atoms with E-state index in [4.69, 9.17) is 4.74 Å². The molecule has 0 spiro atoms. The first-order valence-electron chi connectivity index (χ1n) is 5.68.